The molecule has 2 rings (SSSR count). The van der Waals surface area contributed by atoms with Gasteiger partial charge in [0.15, 0.2) is 0 Å². The molecule has 5 nitrogen and oxygen atoms in total. The summed E-state index contributed by atoms with van der Waals surface area (Å²) in [5.41, 5.74) is 7.38. The van der Waals surface area contributed by atoms with Gasteiger partial charge in [0, 0.05) is 23.3 Å². The standard InChI is InChI=1S/C13H14ClN3O2/c14-10-3-1-2-9(4-10)7-19-13(18)12(15)5-11-6-16-8-17-11/h1-4,6,8,12H,5,7,15H2,(H,16,17)/t12-/m1/s1. The highest BCUT2D eigenvalue weighted by molar-refractivity contribution is 6.30. The van der Waals surface area contributed by atoms with Gasteiger partial charge < -0.3 is 15.5 Å². The van der Waals surface area contributed by atoms with Crippen LogP contribution in [-0.2, 0) is 22.6 Å². The first-order valence-electron chi connectivity index (χ1n) is 5.79. The Labute approximate surface area is 115 Å². The van der Waals surface area contributed by atoms with Crippen LogP contribution >= 0.6 is 11.6 Å². The first-order chi connectivity index (χ1) is 9.15. The van der Waals surface area contributed by atoms with Crippen LogP contribution in [0.15, 0.2) is 36.8 Å². The lowest BCUT2D eigenvalue weighted by Gasteiger charge is -2.10. The van der Waals surface area contributed by atoms with Crippen LogP contribution in [0.4, 0.5) is 0 Å². The van der Waals surface area contributed by atoms with Gasteiger partial charge in [-0.25, -0.2) is 4.98 Å². The molecular weight excluding hydrogens is 266 g/mol. The Morgan fingerprint density at radius 1 is 1.53 bits per heavy atom. The lowest BCUT2D eigenvalue weighted by molar-refractivity contribution is -0.146. The second kappa shape index (κ2) is 6.36. The molecule has 0 amide bonds. The third-order valence-corrected chi connectivity index (χ3v) is 2.80. The lowest BCUT2D eigenvalue weighted by Crippen LogP contribution is -2.34. The number of carbonyl (C=O) groups excluding carboxylic acids is 1. The van der Waals surface area contributed by atoms with Crippen molar-refractivity contribution >= 4 is 17.6 Å². The van der Waals surface area contributed by atoms with E-state index in [1.54, 1.807) is 30.7 Å². The molecule has 1 aromatic carbocycles. The third kappa shape index (κ3) is 4.08. The average Bonchev–Trinajstić information content (AvgIpc) is 2.89. The maximum absolute atomic E-state index is 11.7. The summed E-state index contributed by atoms with van der Waals surface area (Å²) in [5, 5.41) is 0.607. The van der Waals surface area contributed by atoms with Crippen LogP contribution in [0.3, 0.4) is 0 Å². The van der Waals surface area contributed by atoms with Crippen LogP contribution in [-0.4, -0.2) is 22.0 Å². The van der Waals surface area contributed by atoms with E-state index in [0.29, 0.717) is 11.4 Å². The van der Waals surface area contributed by atoms with E-state index in [1.807, 2.05) is 6.07 Å². The van der Waals surface area contributed by atoms with Crippen LogP contribution in [0.2, 0.25) is 5.02 Å². The highest BCUT2D eigenvalue weighted by Crippen LogP contribution is 2.11. The van der Waals surface area contributed by atoms with E-state index in [1.165, 1.54) is 0 Å². The second-order valence-corrected chi connectivity index (χ2v) is 4.56. The van der Waals surface area contributed by atoms with Gasteiger partial charge in [0.1, 0.15) is 12.6 Å². The zero-order valence-corrected chi connectivity index (χ0v) is 10.9. The molecule has 100 valence electrons. The Balaban J connectivity index is 1.84. The molecular formula is C13H14ClN3O2. The largest absolute Gasteiger partial charge is 0.460 e. The normalized spacial score (nSPS) is 12.1. The Morgan fingerprint density at radius 3 is 3.05 bits per heavy atom. The molecule has 19 heavy (non-hydrogen) atoms. The third-order valence-electron chi connectivity index (χ3n) is 2.57. The maximum Gasteiger partial charge on any atom is 0.323 e. The summed E-state index contributed by atoms with van der Waals surface area (Å²) in [6.45, 7) is 0.163. The smallest absolute Gasteiger partial charge is 0.323 e. The summed E-state index contributed by atoms with van der Waals surface area (Å²) in [5.74, 6) is -0.449. The molecule has 6 heteroatoms. The van der Waals surface area contributed by atoms with Gasteiger partial charge in [0.2, 0.25) is 0 Å². The zero-order valence-electron chi connectivity index (χ0n) is 10.2. The summed E-state index contributed by atoms with van der Waals surface area (Å²) in [4.78, 5) is 18.5. The first-order valence-corrected chi connectivity index (χ1v) is 6.17. The lowest BCUT2D eigenvalue weighted by atomic mass is 10.2. The molecule has 0 saturated heterocycles. The van der Waals surface area contributed by atoms with E-state index in [9.17, 15) is 4.79 Å². The molecule has 1 heterocycles. The maximum atomic E-state index is 11.7. The summed E-state index contributed by atoms with van der Waals surface area (Å²) >= 11 is 5.84. The fraction of sp³-hybridized carbons (Fsp3) is 0.231. The van der Waals surface area contributed by atoms with E-state index >= 15 is 0 Å². The Hall–Kier alpha value is -1.85. The summed E-state index contributed by atoms with van der Waals surface area (Å²) in [7, 11) is 0. The molecule has 2 aromatic rings. The number of carbonyl (C=O) groups is 1. The summed E-state index contributed by atoms with van der Waals surface area (Å²) < 4.78 is 5.14. The van der Waals surface area contributed by atoms with Gasteiger partial charge >= 0.3 is 5.97 Å². The fourth-order valence-electron chi connectivity index (χ4n) is 1.60. The van der Waals surface area contributed by atoms with Crippen LogP contribution in [0, 0.1) is 0 Å². The topological polar surface area (TPSA) is 81.0 Å². The predicted molar refractivity (Wildman–Crippen MR) is 71.5 cm³/mol. The van der Waals surface area contributed by atoms with Crippen molar-refractivity contribution in [3.05, 3.63) is 53.1 Å². The van der Waals surface area contributed by atoms with E-state index in [-0.39, 0.29) is 6.61 Å². The van der Waals surface area contributed by atoms with Crippen molar-refractivity contribution in [3.8, 4) is 0 Å². The van der Waals surface area contributed by atoms with Crippen LogP contribution in [0.1, 0.15) is 11.3 Å². The minimum Gasteiger partial charge on any atom is -0.460 e. The quantitative estimate of drug-likeness (QED) is 0.816. The molecule has 1 atom stereocenters. The van der Waals surface area contributed by atoms with Crippen molar-refractivity contribution in [2.45, 2.75) is 19.1 Å². The molecule has 0 unspecified atom stereocenters. The van der Waals surface area contributed by atoms with Crippen molar-refractivity contribution in [2.24, 2.45) is 5.73 Å². The number of nitrogens with zero attached hydrogens (tertiary/aromatic N) is 1. The number of H-pyrrole nitrogens is 1. The number of esters is 1. The van der Waals surface area contributed by atoms with Gasteiger partial charge in [-0.15, -0.1) is 0 Å². The monoisotopic (exact) mass is 279 g/mol. The van der Waals surface area contributed by atoms with Gasteiger partial charge in [0.05, 0.1) is 6.33 Å². The molecule has 3 N–H and O–H groups in total. The minimum absolute atomic E-state index is 0.163. The molecule has 0 aliphatic carbocycles. The number of nitrogens with two attached hydrogens (primary N) is 1. The van der Waals surface area contributed by atoms with Gasteiger partial charge in [-0.2, -0.15) is 0 Å². The number of hydrogen-bond donors (Lipinski definition) is 2. The van der Waals surface area contributed by atoms with Gasteiger partial charge in [0.25, 0.3) is 0 Å². The van der Waals surface area contributed by atoms with Crippen LogP contribution in [0.5, 0.6) is 0 Å². The molecule has 0 fully saturated rings. The fourth-order valence-corrected chi connectivity index (χ4v) is 1.82. The number of ether oxygens (including phenoxy) is 1. The van der Waals surface area contributed by atoms with Crippen molar-refractivity contribution in [1.29, 1.82) is 0 Å². The molecule has 1 aromatic heterocycles. The number of hydrogen-bond acceptors (Lipinski definition) is 4. The molecule has 0 spiro atoms. The zero-order chi connectivity index (χ0) is 13.7. The second-order valence-electron chi connectivity index (χ2n) is 4.13. The first kappa shape index (κ1) is 13.6. The summed E-state index contributed by atoms with van der Waals surface area (Å²) in [6, 6.07) is 6.43. The number of rotatable bonds is 5. The van der Waals surface area contributed by atoms with Gasteiger partial charge in [-0.05, 0) is 17.7 Å². The molecule has 0 saturated carbocycles. The van der Waals surface area contributed by atoms with Crippen molar-refractivity contribution in [2.75, 3.05) is 0 Å². The minimum atomic E-state index is -0.709. The Bertz CT molecular complexity index is 543. The highest BCUT2D eigenvalue weighted by Gasteiger charge is 2.16. The van der Waals surface area contributed by atoms with E-state index < -0.39 is 12.0 Å². The average molecular weight is 280 g/mol. The van der Waals surface area contributed by atoms with Crippen LogP contribution in [0.25, 0.3) is 0 Å². The number of benzene rings is 1. The highest BCUT2D eigenvalue weighted by atomic mass is 35.5. The number of imidazole rings is 1. The number of halogens is 1. The van der Waals surface area contributed by atoms with Crippen molar-refractivity contribution < 1.29 is 9.53 Å². The molecule has 0 radical (unpaired) electrons. The molecule has 0 aliphatic heterocycles. The van der Waals surface area contributed by atoms with E-state index in [2.05, 4.69) is 9.97 Å². The number of nitrogens with one attached hydrogen (secondary N) is 1. The number of aromatic nitrogens is 2. The van der Waals surface area contributed by atoms with Gasteiger partial charge in [-0.1, -0.05) is 23.7 Å². The Morgan fingerprint density at radius 2 is 2.37 bits per heavy atom. The van der Waals surface area contributed by atoms with Crippen LogP contribution < -0.4 is 5.73 Å². The number of aromatic amines is 1. The Kier molecular flexibility index (Phi) is 4.54. The molecule has 0 aliphatic rings. The molecule has 0 bridgehead atoms. The van der Waals surface area contributed by atoms with Crippen molar-refractivity contribution in [1.82, 2.24) is 9.97 Å². The summed E-state index contributed by atoms with van der Waals surface area (Å²) in [6.07, 6.45) is 3.54. The van der Waals surface area contributed by atoms with Gasteiger partial charge in [-0.3, -0.25) is 4.79 Å². The van der Waals surface area contributed by atoms with E-state index in [0.717, 1.165) is 11.3 Å². The van der Waals surface area contributed by atoms with Crippen molar-refractivity contribution in [3.63, 3.8) is 0 Å². The predicted octanol–water partition coefficient (Wildman–Crippen LogP) is 1.68. The van der Waals surface area contributed by atoms with E-state index in [4.69, 9.17) is 22.1 Å². The SMILES string of the molecule is N[C@H](Cc1cnc[nH]1)C(=O)OCc1cccc(Cl)c1.